The van der Waals surface area contributed by atoms with Crippen LogP contribution in [0.5, 0.6) is 0 Å². The van der Waals surface area contributed by atoms with Gasteiger partial charge in [-0.15, -0.1) is 10.2 Å². The Morgan fingerprint density at radius 2 is 2.06 bits per heavy atom. The normalized spacial score (nSPS) is 17.2. The zero-order valence-corrected chi connectivity index (χ0v) is 11.3. The van der Waals surface area contributed by atoms with Crippen molar-refractivity contribution in [3.8, 4) is 0 Å². The lowest BCUT2D eigenvalue weighted by Crippen LogP contribution is -2.04. The Bertz CT molecular complexity index is 340. The summed E-state index contributed by atoms with van der Waals surface area (Å²) in [5.41, 5.74) is 0. The number of aliphatic hydroxyl groups excluding tert-OH is 1. The van der Waals surface area contributed by atoms with E-state index in [1.165, 1.54) is 43.9 Å². The van der Waals surface area contributed by atoms with Gasteiger partial charge in [0, 0.05) is 11.7 Å². The first kappa shape index (κ1) is 13.8. The van der Waals surface area contributed by atoms with E-state index >= 15 is 0 Å². The molecule has 0 aliphatic heterocycles. The van der Waals surface area contributed by atoms with Crippen molar-refractivity contribution in [2.75, 3.05) is 25.6 Å². The van der Waals surface area contributed by atoms with Crippen molar-refractivity contribution in [1.82, 2.24) is 10.2 Å². The van der Waals surface area contributed by atoms with Gasteiger partial charge in [0.25, 0.3) is 5.22 Å². The molecule has 1 aliphatic carbocycles. The summed E-state index contributed by atoms with van der Waals surface area (Å²) in [5, 5.41) is 17.4. The smallest absolute Gasteiger partial charge is 0.276 e. The molecule has 1 fully saturated rings. The molecule has 0 bridgehead atoms. The quantitative estimate of drug-likeness (QED) is 0.606. The van der Waals surface area contributed by atoms with E-state index in [9.17, 15) is 0 Å². The van der Waals surface area contributed by atoms with E-state index in [4.69, 9.17) is 14.3 Å². The lowest BCUT2D eigenvalue weighted by atomic mass is 9.89. The van der Waals surface area contributed by atoms with Crippen LogP contribution in [0.4, 0.5) is 0 Å². The summed E-state index contributed by atoms with van der Waals surface area (Å²) in [7, 11) is 0. The lowest BCUT2D eigenvalue weighted by molar-refractivity contribution is 0.103. The van der Waals surface area contributed by atoms with Gasteiger partial charge >= 0.3 is 0 Å². The van der Waals surface area contributed by atoms with Gasteiger partial charge in [-0.1, -0.05) is 31.0 Å². The van der Waals surface area contributed by atoms with Crippen molar-refractivity contribution in [3.05, 3.63) is 5.89 Å². The molecule has 2 rings (SSSR count). The van der Waals surface area contributed by atoms with Crippen LogP contribution in [-0.2, 0) is 4.74 Å². The summed E-state index contributed by atoms with van der Waals surface area (Å²) in [6.45, 7) is 1.04. The van der Waals surface area contributed by atoms with Gasteiger partial charge in [0.15, 0.2) is 0 Å². The van der Waals surface area contributed by atoms with Crippen molar-refractivity contribution in [2.24, 2.45) is 0 Å². The highest BCUT2D eigenvalue weighted by Crippen LogP contribution is 2.32. The molecule has 1 aromatic rings. The molecular weight excluding hydrogens is 252 g/mol. The molecule has 5 nitrogen and oxygen atoms in total. The second-order valence-corrected chi connectivity index (χ2v) is 5.47. The molecule has 18 heavy (non-hydrogen) atoms. The van der Waals surface area contributed by atoms with Crippen LogP contribution in [0, 0.1) is 0 Å². The van der Waals surface area contributed by atoms with E-state index < -0.39 is 0 Å². The Hall–Kier alpha value is -0.590. The molecular formula is C12H20N2O3S. The zero-order valence-electron chi connectivity index (χ0n) is 10.5. The molecule has 1 saturated carbocycles. The van der Waals surface area contributed by atoms with Crippen LogP contribution in [0.1, 0.15) is 43.9 Å². The van der Waals surface area contributed by atoms with Crippen molar-refractivity contribution in [3.63, 3.8) is 0 Å². The second-order valence-electron chi connectivity index (χ2n) is 4.43. The van der Waals surface area contributed by atoms with E-state index in [1.54, 1.807) is 0 Å². The fraction of sp³-hybridized carbons (Fsp3) is 0.833. The van der Waals surface area contributed by atoms with Crippen molar-refractivity contribution in [2.45, 2.75) is 43.2 Å². The molecule has 6 heteroatoms. The van der Waals surface area contributed by atoms with E-state index in [-0.39, 0.29) is 6.61 Å². The fourth-order valence-corrected chi connectivity index (χ4v) is 2.77. The molecule has 0 radical (unpaired) electrons. The maximum Gasteiger partial charge on any atom is 0.276 e. The van der Waals surface area contributed by atoms with Crippen LogP contribution < -0.4 is 0 Å². The lowest BCUT2D eigenvalue weighted by Gasteiger charge is -2.17. The Kier molecular flexibility index (Phi) is 5.96. The summed E-state index contributed by atoms with van der Waals surface area (Å²) in [6, 6.07) is 0. The second kappa shape index (κ2) is 7.76. The average molecular weight is 272 g/mol. The van der Waals surface area contributed by atoms with Crippen molar-refractivity contribution in [1.29, 1.82) is 0 Å². The first-order valence-corrected chi connectivity index (χ1v) is 7.53. The van der Waals surface area contributed by atoms with Gasteiger partial charge in [0.2, 0.25) is 5.89 Å². The van der Waals surface area contributed by atoms with Crippen molar-refractivity contribution < 1.29 is 14.3 Å². The summed E-state index contributed by atoms with van der Waals surface area (Å²) in [5.74, 6) is 2.03. The molecule has 0 atom stereocenters. The molecule has 0 unspecified atom stereocenters. The third-order valence-corrected chi connectivity index (χ3v) is 3.85. The van der Waals surface area contributed by atoms with Crippen LogP contribution in [0.15, 0.2) is 9.64 Å². The fourth-order valence-electron chi connectivity index (χ4n) is 2.15. The van der Waals surface area contributed by atoms with Gasteiger partial charge in [-0.3, -0.25) is 0 Å². The van der Waals surface area contributed by atoms with Gasteiger partial charge in [-0.25, -0.2) is 0 Å². The Morgan fingerprint density at radius 1 is 1.22 bits per heavy atom. The number of nitrogens with zero attached hydrogens (tertiary/aromatic N) is 2. The zero-order chi connectivity index (χ0) is 12.6. The number of rotatable bonds is 7. The van der Waals surface area contributed by atoms with Crippen LogP contribution in [0.3, 0.4) is 0 Å². The first-order chi connectivity index (χ1) is 8.90. The Morgan fingerprint density at radius 3 is 2.83 bits per heavy atom. The standard InChI is InChI=1S/C12H20N2O3S/c15-6-7-16-8-9-18-12-14-13-11(17-12)10-4-2-1-3-5-10/h10,15H,1-9H2. The minimum Gasteiger partial charge on any atom is -0.416 e. The summed E-state index contributed by atoms with van der Waals surface area (Å²) >= 11 is 1.51. The highest BCUT2D eigenvalue weighted by molar-refractivity contribution is 7.99. The van der Waals surface area contributed by atoms with Gasteiger partial charge in [0.1, 0.15) is 0 Å². The van der Waals surface area contributed by atoms with E-state index in [0.717, 1.165) is 11.6 Å². The summed E-state index contributed by atoms with van der Waals surface area (Å²) in [4.78, 5) is 0. The largest absolute Gasteiger partial charge is 0.416 e. The Labute approximate surface area is 111 Å². The average Bonchev–Trinajstić information content (AvgIpc) is 2.88. The van der Waals surface area contributed by atoms with Gasteiger partial charge in [-0.05, 0) is 12.8 Å². The predicted molar refractivity (Wildman–Crippen MR) is 68.8 cm³/mol. The third-order valence-electron chi connectivity index (χ3n) is 3.07. The van der Waals surface area contributed by atoms with Crippen molar-refractivity contribution >= 4 is 11.8 Å². The van der Waals surface area contributed by atoms with E-state index in [2.05, 4.69) is 10.2 Å². The highest BCUT2D eigenvalue weighted by atomic mass is 32.2. The van der Waals surface area contributed by atoms with Crippen LogP contribution in [0.25, 0.3) is 0 Å². The van der Waals surface area contributed by atoms with Gasteiger partial charge in [0.05, 0.1) is 19.8 Å². The predicted octanol–water partition coefficient (Wildman–Crippen LogP) is 2.22. The number of aromatic nitrogens is 2. The summed E-state index contributed by atoms with van der Waals surface area (Å²) < 4.78 is 10.8. The summed E-state index contributed by atoms with van der Waals surface area (Å²) in [6.07, 6.45) is 6.21. The molecule has 0 saturated heterocycles. The van der Waals surface area contributed by atoms with Gasteiger partial charge in [-0.2, -0.15) is 0 Å². The number of ether oxygens (including phenoxy) is 1. The minimum atomic E-state index is 0.0665. The van der Waals surface area contributed by atoms with E-state index in [1.807, 2.05) is 0 Å². The monoisotopic (exact) mass is 272 g/mol. The molecule has 102 valence electrons. The third kappa shape index (κ3) is 4.26. The number of hydrogen-bond acceptors (Lipinski definition) is 6. The number of aliphatic hydroxyl groups is 1. The van der Waals surface area contributed by atoms with Crippen LogP contribution >= 0.6 is 11.8 Å². The SMILES string of the molecule is OCCOCCSc1nnc(C2CCCCC2)o1. The molecule has 1 aliphatic rings. The van der Waals surface area contributed by atoms with Crippen LogP contribution in [-0.4, -0.2) is 40.9 Å². The molecule has 1 N–H and O–H groups in total. The molecule has 0 spiro atoms. The van der Waals surface area contributed by atoms with E-state index in [0.29, 0.717) is 24.4 Å². The first-order valence-electron chi connectivity index (χ1n) is 6.55. The Balaban J connectivity index is 1.72. The molecule has 1 heterocycles. The molecule has 0 amide bonds. The van der Waals surface area contributed by atoms with Gasteiger partial charge < -0.3 is 14.3 Å². The highest BCUT2D eigenvalue weighted by Gasteiger charge is 2.21. The van der Waals surface area contributed by atoms with Crippen LogP contribution in [0.2, 0.25) is 0 Å². The molecule has 0 aromatic carbocycles. The molecule has 1 aromatic heterocycles. The maximum atomic E-state index is 8.56. The topological polar surface area (TPSA) is 68.4 Å². The number of hydrogen-bond donors (Lipinski definition) is 1. The minimum absolute atomic E-state index is 0.0665. The number of thioether (sulfide) groups is 1. The maximum absolute atomic E-state index is 8.56.